The monoisotopic (exact) mass is 448 g/mol. The molecule has 4 rings (SSSR count). The van der Waals surface area contributed by atoms with Gasteiger partial charge in [0, 0.05) is 18.9 Å². The Balaban J connectivity index is 1.41. The van der Waals surface area contributed by atoms with Gasteiger partial charge in [0.1, 0.15) is 0 Å². The van der Waals surface area contributed by atoms with Crippen LogP contribution in [0.3, 0.4) is 0 Å². The predicted molar refractivity (Wildman–Crippen MR) is 129 cm³/mol. The summed E-state index contributed by atoms with van der Waals surface area (Å²) in [6.45, 7) is 9.61. The molecule has 2 aliphatic carbocycles. The molecule has 1 fully saturated rings. The van der Waals surface area contributed by atoms with Crippen molar-refractivity contribution in [1.82, 2.24) is 10.3 Å². The minimum Gasteiger partial charge on any atom is -0.452 e. The number of aromatic nitrogens is 1. The van der Waals surface area contributed by atoms with Crippen LogP contribution < -0.4 is 5.32 Å². The first-order valence-corrected chi connectivity index (χ1v) is 12.2. The van der Waals surface area contributed by atoms with Crippen molar-refractivity contribution in [2.24, 2.45) is 11.3 Å². The van der Waals surface area contributed by atoms with Gasteiger partial charge in [-0.2, -0.15) is 0 Å². The second kappa shape index (κ2) is 9.28. The lowest BCUT2D eigenvalue weighted by Crippen LogP contribution is -2.53. The molecule has 1 saturated carbocycles. The number of fused-ring (bicyclic) bond motifs is 3. The fourth-order valence-corrected chi connectivity index (χ4v) is 6.27. The van der Waals surface area contributed by atoms with Crippen molar-refractivity contribution in [3.8, 4) is 0 Å². The van der Waals surface area contributed by atoms with Crippen LogP contribution in [0.25, 0.3) is 0 Å². The van der Waals surface area contributed by atoms with Gasteiger partial charge >= 0.3 is 5.97 Å². The number of amides is 1. The van der Waals surface area contributed by atoms with Crippen LogP contribution >= 0.6 is 0 Å². The molecule has 0 radical (unpaired) electrons. The zero-order valence-electron chi connectivity index (χ0n) is 20.3. The number of esters is 1. The molecular weight excluding hydrogens is 412 g/mol. The van der Waals surface area contributed by atoms with E-state index in [1.807, 2.05) is 0 Å². The Morgan fingerprint density at radius 1 is 1.15 bits per heavy atom. The van der Waals surface area contributed by atoms with Crippen molar-refractivity contribution >= 4 is 11.9 Å². The molecule has 0 aliphatic heterocycles. The number of rotatable bonds is 6. The molecule has 2 aromatic rings. The SMILES string of the molecule is CC(C)c1ccc2c(c1)CCC1C(C)(CNC(=O)COC(=O)c3ccncc3)CCCC21C. The molecule has 1 aromatic carbocycles. The Bertz CT molecular complexity index is 1020. The number of carbonyl (C=O) groups is 2. The van der Waals surface area contributed by atoms with Crippen molar-refractivity contribution in [3.05, 3.63) is 65.0 Å². The second-order valence-electron chi connectivity index (χ2n) is 10.7. The Labute approximate surface area is 197 Å². The zero-order chi connectivity index (χ0) is 23.6. The average molecular weight is 449 g/mol. The maximum absolute atomic E-state index is 12.5. The third kappa shape index (κ3) is 4.68. The van der Waals surface area contributed by atoms with Gasteiger partial charge < -0.3 is 10.1 Å². The first-order valence-electron chi connectivity index (χ1n) is 12.2. The van der Waals surface area contributed by atoms with Crippen LogP contribution in [-0.4, -0.2) is 30.0 Å². The smallest absolute Gasteiger partial charge is 0.338 e. The van der Waals surface area contributed by atoms with Gasteiger partial charge in [0.05, 0.1) is 5.56 Å². The summed E-state index contributed by atoms with van der Waals surface area (Å²) in [5.74, 6) is 0.300. The molecule has 0 bridgehead atoms. The molecule has 2 aliphatic rings. The van der Waals surface area contributed by atoms with E-state index in [1.165, 1.54) is 35.5 Å². The molecule has 176 valence electrons. The van der Waals surface area contributed by atoms with Crippen LogP contribution in [0.2, 0.25) is 0 Å². The fourth-order valence-electron chi connectivity index (χ4n) is 6.27. The number of benzene rings is 1. The molecule has 33 heavy (non-hydrogen) atoms. The van der Waals surface area contributed by atoms with E-state index in [4.69, 9.17) is 4.74 Å². The second-order valence-corrected chi connectivity index (χ2v) is 10.7. The zero-order valence-corrected chi connectivity index (χ0v) is 20.3. The van der Waals surface area contributed by atoms with E-state index in [9.17, 15) is 9.59 Å². The molecule has 1 aromatic heterocycles. The molecule has 1 N–H and O–H groups in total. The fraction of sp³-hybridized carbons (Fsp3) is 0.536. The topological polar surface area (TPSA) is 68.3 Å². The lowest BCUT2D eigenvalue weighted by molar-refractivity contribution is -0.125. The Morgan fingerprint density at radius 2 is 1.91 bits per heavy atom. The maximum atomic E-state index is 12.5. The van der Waals surface area contributed by atoms with Crippen LogP contribution in [0.15, 0.2) is 42.7 Å². The Morgan fingerprint density at radius 3 is 2.64 bits per heavy atom. The summed E-state index contributed by atoms with van der Waals surface area (Å²) in [6, 6.07) is 10.3. The number of hydrogen-bond donors (Lipinski definition) is 1. The standard InChI is InChI=1S/C28H36N2O3/c1-19(2)21-6-8-23-22(16-21)7-9-24-27(3,12-5-13-28(23,24)4)18-30-25(31)17-33-26(32)20-10-14-29-15-11-20/h6,8,10-11,14-16,19,24H,5,7,9,12-13,17-18H2,1-4H3,(H,30,31). The number of nitrogens with one attached hydrogen (secondary N) is 1. The normalized spacial score (nSPS) is 26.3. The van der Waals surface area contributed by atoms with Crippen molar-refractivity contribution in [1.29, 1.82) is 0 Å². The van der Waals surface area contributed by atoms with E-state index in [0.29, 0.717) is 23.9 Å². The summed E-state index contributed by atoms with van der Waals surface area (Å²) in [4.78, 5) is 28.5. The third-order valence-corrected chi connectivity index (χ3v) is 8.11. The summed E-state index contributed by atoms with van der Waals surface area (Å²) in [5.41, 5.74) is 4.99. The van der Waals surface area contributed by atoms with Gasteiger partial charge in [-0.15, -0.1) is 0 Å². The van der Waals surface area contributed by atoms with Crippen LogP contribution in [0.4, 0.5) is 0 Å². The highest BCUT2D eigenvalue weighted by molar-refractivity contribution is 5.91. The molecule has 1 heterocycles. The number of aryl methyl sites for hydroxylation is 1. The van der Waals surface area contributed by atoms with Crippen LogP contribution in [0.1, 0.15) is 86.3 Å². The first-order chi connectivity index (χ1) is 15.7. The Hall–Kier alpha value is -2.69. The summed E-state index contributed by atoms with van der Waals surface area (Å²) in [7, 11) is 0. The number of ether oxygens (including phenoxy) is 1. The van der Waals surface area contributed by atoms with Crippen molar-refractivity contribution in [2.75, 3.05) is 13.2 Å². The first kappa shape index (κ1) is 23.5. The van der Waals surface area contributed by atoms with Gasteiger partial charge in [-0.1, -0.05) is 52.3 Å². The number of carbonyl (C=O) groups excluding carboxylic acids is 2. The van der Waals surface area contributed by atoms with Gasteiger partial charge in [-0.25, -0.2) is 4.79 Å². The van der Waals surface area contributed by atoms with Crippen LogP contribution in [0.5, 0.6) is 0 Å². The quantitative estimate of drug-likeness (QED) is 0.618. The van der Waals surface area contributed by atoms with Crippen LogP contribution in [-0.2, 0) is 21.4 Å². The van der Waals surface area contributed by atoms with Gasteiger partial charge in [0.15, 0.2) is 6.61 Å². The lowest BCUT2D eigenvalue weighted by atomic mass is 9.49. The lowest BCUT2D eigenvalue weighted by Gasteiger charge is -2.55. The molecule has 5 heteroatoms. The minimum atomic E-state index is -0.506. The van der Waals surface area contributed by atoms with E-state index >= 15 is 0 Å². The molecule has 3 atom stereocenters. The number of pyridine rings is 1. The highest BCUT2D eigenvalue weighted by Crippen LogP contribution is 2.57. The summed E-state index contributed by atoms with van der Waals surface area (Å²) >= 11 is 0. The maximum Gasteiger partial charge on any atom is 0.338 e. The molecular formula is C28H36N2O3. The van der Waals surface area contributed by atoms with Crippen LogP contribution in [0, 0.1) is 11.3 Å². The largest absolute Gasteiger partial charge is 0.452 e. The van der Waals surface area contributed by atoms with E-state index in [2.05, 4.69) is 56.2 Å². The average Bonchev–Trinajstić information content (AvgIpc) is 2.81. The molecule has 1 amide bonds. The summed E-state index contributed by atoms with van der Waals surface area (Å²) in [5, 5.41) is 3.07. The van der Waals surface area contributed by atoms with Gasteiger partial charge in [-0.3, -0.25) is 9.78 Å². The Kier molecular flexibility index (Phi) is 6.60. The van der Waals surface area contributed by atoms with E-state index in [0.717, 1.165) is 25.7 Å². The van der Waals surface area contributed by atoms with Crippen molar-refractivity contribution in [2.45, 2.75) is 71.1 Å². The van der Waals surface area contributed by atoms with Gasteiger partial charge in [0.25, 0.3) is 5.91 Å². The summed E-state index contributed by atoms with van der Waals surface area (Å²) < 4.78 is 5.19. The highest BCUT2D eigenvalue weighted by Gasteiger charge is 2.51. The summed E-state index contributed by atoms with van der Waals surface area (Å²) in [6.07, 6.45) is 8.76. The van der Waals surface area contributed by atoms with Gasteiger partial charge in [-0.05, 0) is 77.2 Å². The number of nitrogens with zero attached hydrogens (tertiary/aromatic N) is 1. The molecule has 0 saturated heterocycles. The van der Waals surface area contributed by atoms with Gasteiger partial charge in [0.2, 0.25) is 0 Å². The molecule has 0 spiro atoms. The highest BCUT2D eigenvalue weighted by atomic mass is 16.5. The predicted octanol–water partition coefficient (Wildman–Crippen LogP) is 5.19. The third-order valence-electron chi connectivity index (χ3n) is 8.11. The van der Waals surface area contributed by atoms with E-state index in [-0.39, 0.29) is 23.3 Å². The van der Waals surface area contributed by atoms with Crippen molar-refractivity contribution < 1.29 is 14.3 Å². The van der Waals surface area contributed by atoms with E-state index in [1.54, 1.807) is 12.1 Å². The number of hydrogen-bond acceptors (Lipinski definition) is 4. The molecule has 5 nitrogen and oxygen atoms in total. The molecule has 3 unspecified atom stereocenters. The van der Waals surface area contributed by atoms with E-state index < -0.39 is 5.97 Å². The minimum absolute atomic E-state index is 0.0200. The van der Waals surface area contributed by atoms with Crippen molar-refractivity contribution in [3.63, 3.8) is 0 Å².